The Morgan fingerprint density at radius 2 is 1.59 bits per heavy atom. The van der Waals surface area contributed by atoms with Crippen LogP contribution >= 0.6 is 11.8 Å². The van der Waals surface area contributed by atoms with E-state index in [2.05, 4.69) is 41.5 Å². The largest absolute Gasteiger partial charge is 0.507 e. The molecule has 120 valence electrons. The Morgan fingerprint density at radius 1 is 1.09 bits per heavy atom. The lowest BCUT2D eigenvalue weighted by atomic mass is 9.78. The fraction of sp³-hybridized carbons (Fsp3) is 0.500. The fourth-order valence-electron chi connectivity index (χ4n) is 2.41. The molecule has 4 heteroatoms. The number of carbonyl (C=O) groups excluding carboxylic acids is 1. The number of benzene rings is 1. The molecule has 0 radical (unpaired) electrons. The van der Waals surface area contributed by atoms with Crippen molar-refractivity contribution in [2.75, 3.05) is 5.94 Å². The predicted octanol–water partition coefficient (Wildman–Crippen LogP) is 4.58. The highest BCUT2D eigenvalue weighted by Crippen LogP contribution is 2.40. The van der Waals surface area contributed by atoms with Crippen LogP contribution < -0.4 is 0 Å². The SMILES string of the molecule is CC(C)(C)c1cc(C=C2SCOC2=O)cc(C(C)(C)C)c1O. The Hall–Kier alpha value is -1.42. The molecular weight excluding hydrogens is 296 g/mol. The highest BCUT2D eigenvalue weighted by Gasteiger charge is 2.27. The van der Waals surface area contributed by atoms with Crippen molar-refractivity contribution >= 4 is 23.8 Å². The van der Waals surface area contributed by atoms with Crippen LogP contribution in [0.4, 0.5) is 0 Å². The van der Waals surface area contributed by atoms with Crippen LogP contribution in [0, 0.1) is 0 Å². The first-order valence-corrected chi connectivity index (χ1v) is 8.38. The monoisotopic (exact) mass is 320 g/mol. The van der Waals surface area contributed by atoms with E-state index in [9.17, 15) is 9.90 Å². The van der Waals surface area contributed by atoms with Gasteiger partial charge < -0.3 is 9.84 Å². The van der Waals surface area contributed by atoms with Gasteiger partial charge in [-0.25, -0.2) is 4.79 Å². The number of carbonyl (C=O) groups is 1. The van der Waals surface area contributed by atoms with Gasteiger partial charge in [0, 0.05) is 11.1 Å². The summed E-state index contributed by atoms with van der Waals surface area (Å²) in [5, 5.41) is 10.7. The maximum absolute atomic E-state index is 11.6. The maximum atomic E-state index is 11.6. The van der Waals surface area contributed by atoms with Crippen molar-refractivity contribution in [1.29, 1.82) is 0 Å². The predicted molar refractivity (Wildman–Crippen MR) is 92.0 cm³/mol. The molecule has 1 aromatic rings. The second kappa shape index (κ2) is 5.65. The molecule has 0 aromatic heterocycles. The quantitative estimate of drug-likeness (QED) is 0.608. The molecule has 0 unspecified atom stereocenters. The fourth-order valence-corrected chi connectivity index (χ4v) is 3.10. The van der Waals surface area contributed by atoms with E-state index >= 15 is 0 Å². The summed E-state index contributed by atoms with van der Waals surface area (Å²) in [6, 6.07) is 3.92. The van der Waals surface area contributed by atoms with E-state index < -0.39 is 0 Å². The molecule has 0 amide bonds. The molecule has 1 saturated heterocycles. The van der Waals surface area contributed by atoms with E-state index in [-0.39, 0.29) is 16.8 Å². The molecule has 0 bridgehead atoms. The number of rotatable bonds is 1. The number of ether oxygens (including phenoxy) is 1. The topological polar surface area (TPSA) is 46.5 Å². The summed E-state index contributed by atoms with van der Waals surface area (Å²) in [5.74, 6) is 0.456. The number of hydrogen-bond acceptors (Lipinski definition) is 4. The highest BCUT2D eigenvalue weighted by atomic mass is 32.2. The number of hydrogen-bond donors (Lipinski definition) is 1. The van der Waals surface area contributed by atoms with E-state index in [1.807, 2.05) is 18.2 Å². The van der Waals surface area contributed by atoms with Gasteiger partial charge in [0.05, 0.1) is 4.91 Å². The van der Waals surface area contributed by atoms with Gasteiger partial charge in [-0.3, -0.25) is 0 Å². The van der Waals surface area contributed by atoms with Gasteiger partial charge in [-0.05, 0) is 34.6 Å². The van der Waals surface area contributed by atoms with Crippen LogP contribution in [0.3, 0.4) is 0 Å². The van der Waals surface area contributed by atoms with E-state index in [4.69, 9.17) is 4.74 Å². The van der Waals surface area contributed by atoms with Gasteiger partial charge in [0.25, 0.3) is 0 Å². The second-order valence-corrected chi connectivity index (χ2v) is 8.63. The van der Waals surface area contributed by atoms with Crippen LogP contribution in [0.2, 0.25) is 0 Å². The first kappa shape index (κ1) is 16.9. The molecule has 1 heterocycles. The van der Waals surface area contributed by atoms with Crippen molar-refractivity contribution in [2.45, 2.75) is 52.4 Å². The molecule has 0 spiro atoms. The van der Waals surface area contributed by atoms with Crippen LogP contribution in [0.25, 0.3) is 6.08 Å². The summed E-state index contributed by atoms with van der Waals surface area (Å²) < 4.78 is 4.96. The van der Waals surface area contributed by atoms with Gasteiger partial charge >= 0.3 is 5.97 Å². The zero-order valence-corrected chi connectivity index (χ0v) is 14.9. The summed E-state index contributed by atoms with van der Waals surface area (Å²) in [4.78, 5) is 12.3. The number of thioether (sulfide) groups is 1. The zero-order chi connectivity index (χ0) is 16.7. The minimum atomic E-state index is -0.271. The summed E-state index contributed by atoms with van der Waals surface area (Å²) in [6.45, 7) is 12.4. The lowest BCUT2D eigenvalue weighted by molar-refractivity contribution is -0.134. The molecule has 0 saturated carbocycles. The van der Waals surface area contributed by atoms with Crippen LogP contribution in [-0.2, 0) is 20.4 Å². The van der Waals surface area contributed by atoms with Crippen molar-refractivity contribution < 1.29 is 14.6 Å². The maximum Gasteiger partial charge on any atom is 0.345 e. The van der Waals surface area contributed by atoms with E-state index in [0.717, 1.165) is 16.7 Å². The number of phenolic OH excluding ortho intramolecular Hbond substituents is 1. The Labute approximate surface area is 136 Å². The number of cyclic esters (lactones) is 1. The van der Waals surface area contributed by atoms with Gasteiger partial charge in [0.2, 0.25) is 0 Å². The van der Waals surface area contributed by atoms with Gasteiger partial charge in [0.15, 0.2) is 0 Å². The van der Waals surface area contributed by atoms with Crippen molar-refractivity contribution in [3.05, 3.63) is 33.7 Å². The average molecular weight is 320 g/mol. The van der Waals surface area contributed by atoms with Crippen molar-refractivity contribution in [1.82, 2.24) is 0 Å². The van der Waals surface area contributed by atoms with Gasteiger partial charge in [0.1, 0.15) is 11.7 Å². The second-order valence-electron chi connectivity index (χ2n) is 7.67. The summed E-state index contributed by atoms with van der Waals surface area (Å²) in [6.07, 6.45) is 1.85. The third-order valence-electron chi connectivity index (χ3n) is 3.65. The van der Waals surface area contributed by atoms with Gasteiger partial charge in [-0.1, -0.05) is 53.3 Å². The molecule has 1 aliphatic heterocycles. The average Bonchev–Trinajstić information content (AvgIpc) is 2.74. The van der Waals surface area contributed by atoms with E-state index in [1.54, 1.807) is 0 Å². The van der Waals surface area contributed by atoms with Crippen LogP contribution in [0.15, 0.2) is 17.0 Å². The number of aromatic hydroxyl groups is 1. The number of esters is 1. The minimum Gasteiger partial charge on any atom is -0.507 e. The third kappa shape index (κ3) is 3.49. The standard InChI is InChI=1S/C18H24O3S/c1-17(2,3)12-7-11(9-14-16(20)21-10-22-14)8-13(15(12)19)18(4,5)6/h7-9,19H,10H2,1-6H3. The van der Waals surface area contributed by atoms with E-state index in [0.29, 0.717) is 16.6 Å². The van der Waals surface area contributed by atoms with Crippen molar-refractivity contribution in [2.24, 2.45) is 0 Å². The molecule has 1 aliphatic rings. The molecule has 22 heavy (non-hydrogen) atoms. The zero-order valence-electron chi connectivity index (χ0n) is 14.1. The Bertz CT molecular complexity index is 596. The Morgan fingerprint density at radius 3 is 1.95 bits per heavy atom. The van der Waals surface area contributed by atoms with Crippen LogP contribution in [-0.4, -0.2) is 17.0 Å². The van der Waals surface area contributed by atoms with E-state index in [1.165, 1.54) is 11.8 Å². The number of phenols is 1. The first-order chi connectivity index (χ1) is 10.00. The summed E-state index contributed by atoms with van der Waals surface area (Å²) in [5.41, 5.74) is 2.35. The van der Waals surface area contributed by atoms with Gasteiger partial charge in [-0.15, -0.1) is 0 Å². The molecular formula is C18H24O3S. The van der Waals surface area contributed by atoms with Crippen LogP contribution in [0.5, 0.6) is 5.75 Å². The first-order valence-electron chi connectivity index (χ1n) is 7.40. The van der Waals surface area contributed by atoms with Crippen molar-refractivity contribution in [3.63, 3.8) is 0 Å². The molecule has 1 fully saturated rings. The Balaban J connectivity index is 2.63. The smallest absolute Gasteiger partial charge is 0.345 e. The Kier molecular flexibility index (Phi) is 4.35. The minimum absolute atomic E-state index is 0.179. The molecule has 0 atom stereocenters. The molecule has 0 aliphatic carbocycles. The summed E-state index contributed by atoms with van der Waals surface area (Å²) >= 11 is 1.40. The van der Waals surface area contributed by atoms with Gasteiger partial charge in [-0.2, -0.15) is 0 Å². The molecule has 1 N–H and O–H groups in total. The highest BCUT2D eigenvalue weighted by molar-refractivity contribution is 8.04. The summed E-state index contributed by atoms with van der Waals surface area (Å²) in [7, 11) is 0. The lowest BCUT2D eigenvalue weighted by Gasteiger charge is -2.27. The molecule has 3 nitrogen and oxygen atoms in total. The van der Waals surface area contributed by atoms with Crippen LogP contribution in [0.1, 0.15) is 58.2 Å². The molecule has 1 aromatic carbocycles. The van der Waals surface area contributed by atoms with Crippen molar-refractivity contribution in [3.8, 4) is 5.75 Å². The normalized spacial score (nSPS) is 17.9. The molecule has 2 rings (SSSR count). The lowest BCUT2D eigenvalue weighted by Crippen LogP contribution is -2.17. The third-order valence-corrected chi connectivity index (χ3v) is 4.48.